The molecular weight excluding hydrogens is 310 g/mol. The normalized spacial score (nSPS) is 10.3. The molecule has 23 heavy (non-hydrogen) atoms. The Labute approximate surface area is 140 Å². The minimum atomic E-state index is -0.314. The summed E-state index contributed by atoms with van der Waals surface area (Å²) in [6.07, 6.45) is 3.11. The highest BCUT2D eigenvalue weighted by Crippen LogP contribution is 2.12. The van der Waals surface area contributed by atoms with Crippen LogP contribution in [0.2, 0.25) is 0 Å². The fourth-order valence-electron chi connectivity index (χ4n) is 1.80. The largest absolute Gasteiger partial charge is 0.497 e. The number of nitrogens with one attached hydrogen (secondary N) is 2. The molecule has 0 atom stereocenters. The number of thiocarbonyl (C=S) groups is 1. The van der Waals surface area contributed by atoms with E-state index in [1.165, 1.54) is 6.08 Å². The highest BCUT2D eigenvalue weighted by molar-refractivity contribution is 7.80. The molecule has 118 valence electrons. The van der Waals surface area contributed by atoms with Crippen molar-refractivity contribution in [2.24, 2.45) is 0 Å². The standard InChI is InChI=1S/C17H17N3O2S/c1-12-4-3-5-15(18-12)19-17(23)20-16(21)11-8-13-6-9-14(22-2)10-7-13/h3-11H,1-2H3,(H2,18,19,20,21,23)/b11-8+. The van der Waals surface area contributed by atoms with Gasteiger partial charge in [-0.15, -0.1) is 0 Å². The van der Waals surface area contributed by atoms with Gasteiger partial charge in [-0.05, 0) is 55.0 Å². The second kappa shape index (κ2) is 8.05. The number of anilines is 1. The van der Waals surface area contributed by atoms with Gasteiger partial charge in [-0.1, -0.05) is 18.2 Å². The predicted molar refractivity (Wildman–Crippen MR) is 95.4 cm³/mol. The molecule has 0 aliphatic carbocycles. The molecule has 0 unspecified atom stereocenters. The second-order valence-corrected chi connectivity index (χ2v) is 5.12. The van der Waals surface area contributed by atoms with Crippen molar-refractivity contribution in [3.63, 3.8) is 0 Å². The quantitative estimate of drug-likeness (QED) is 0.668. The summed E-state index contributed by atoms with van der Waals surface area (Å²) in [6.45, 7) is 1.88. The lowest BCUT2D eigenvalue weighted by Crippen LogP contribution is -2.33. The number of methoxy groups -OCH3 is 1. The summed E-state index contributed by atoms with van der Waals surface area (Å²) in [5.41, 5.74) is 1.75. The topological polar surface area (TPSA) is 63.2 Å². The molecule has 0 saturated carbocycles. The first-order valence-corrected chi connectivity index (χ1v) is 7.35. The zero-order chi connectivity index (χ0) is 16.7. The van der Waals surface area contributed by atoms with Crippen LogP contribution in [0.3, 0.4) is 0 Å². The van der Waals surface area contributed by atoms with E-state index >= 15 is 0 Å². The number of carbonyl (C=O) groups is 1. The van der Waals surface area contributed by atoms with Crippen LogP contribution in [-0.4, -0.2) is 23.1 Å². The molecule has 0 radical (unpaired) electrons. The summed E-state index contributed by atoms with van der Waals surface area (Å²) in [5, 5.41) is 5.64. The summed E-state index contributed by atoms with van der Waals surface area (Å²) >= 11 is 5.09. The summed E-state index contributed by atoms with van der Waals surface area (Å²) in [4.78, 5) is 16.1. The first-order chi connectivity index (χ1) is 11.1. The molecule has 0 saturated heterocycles. The van der Waals surface area contributed by atoms with Gasteiger partial charge < -0.3 is 10.1 Å². The van der Waals surface area contributed by atoms with Crippen LogP contribution in [-0.2, 0) is 4.79 Å². The molecule has 0 aliphatic rings. The number of hydrogen-bond donors (Lipinski definition) is 2. The molecule has 0 bridgehead atoms. The van der Waals surface area contributed by atoms with Crippen molar-refractivity contribution < 1.29 is 9.53 Å². The maximum absolute atomic E-state index is 11.8. The van der Waals surface area contributed by atoms with Crippen LogP contribution in [0.1, 0.15) is 11.3 Å². The Balaban J connectivity index is 1.88. The Morgan fingerprint density at radius 2 is 1.96 bits per heavy atom. The van der Waals surface area contributed by atoms with Gasteiger partial charge in [0.2, 0.25) is 5.91 Å². The van der Waals surface area contributed by atoms with Gasteiger partial charge in [0, 0.05) is 11.8 Å². The molecule has 0 aliphatic heterocycles. The SMILES string of the molecule is COc1ccc(/C=C/C(=O)NC(=S)Nc2cccc(C)n2)cc1. The number of nitrogens with zero attached hydrogens (tertiary/aromatic N) is 1. The van der Waals surface area contributed by atoms with Crippen LogP contribution in [0.4, 0.5) is 5.82 Å². The number of hydrogen-bond acceptors (Lipinski definition) is 4. The van der Waals surface area contributed by atoms with E-state index in [-0.39, 0.29) is 11.0 Å². The molecule has 5 nitrogen and oxygen atoms in total. The molecule has 0 fully saturated rings. The zero-order valence-corrected chi connectivity index (χ0v) is 13.7. The third-order valence-corrected chi connectivity index (χ3v) is 3.11. The van der Waals surface area contributed by atoms with Crippen LogP contribution >= 0.6 is 12.2 Å². The average Bonchev–Trinajstić information content (AvgIpc) is 2.53. The highest BCUT2D eigenvalue weighted by atomic mass is 32.1. The van der Waals surface area contributed by atoms with Crippen LogP contribution in [0, 0.1) is 6.92 Å². The van der Waals surface area contributed by atoms with Crippen LogP contribution in [0.5, 0.6) is 5.75 Å². The average molecular weight is 327 g/mol. The number of amides is 1. The van der Waals surface area contributed by atoms with Crippen LogP contribution in [0.25, 0.3) is 6.08 Å². The van der Waals surface area contributed by atoms with E-state index in [1.54, 1.807) is 19.3 Å². The maximum atomic E-state index is 11.8. The first-order valence-electron chi connectivity index (χ1n) is 6.94. The third kappa shape index (κ3) is 5.52. The summed E-state index contributed by atoms with van der Waals surface area (Å²) in [5.74, 6) is 1.04. The molecule has 2 N–H and O–H groups in total. The minimum Gasteiger partial charge on any atom is -0.497 e. The van der Waals surface area contributed by atoms with Crippen LogP contribution < -0.4 is 15.4 Å². The van der Waals surface area contributed by atoms with Gasteiger partial charge in [-0.2, -0.15) is 0 Å². The Morgan fingerprint density at radius 1 is 1.22 bits per heavy atom. The van der Waals surface area contributed by atoms with E-state index in [0.29, 0.717) is 5.82 Å². The van der Waals surface area contributed by atoms with Crippen molar-refractivity contribution in [1.29, 1.82) is 0 Å². The predicted octanol–water partition coefficient (Wildman–Crippen LogP) is 2.93. The van der Waals surface area contributed by atoms with E-state index in [9.17, 15) is 4.79 Å². The lowest BCUT2D eigenvalue weighted by molar-refractivity contribution is -0.115. The minimum absolute atomic E-state index is 0.201. The van der Waals surface area contributed by atoms with Gasteiger partial charge in [0.05, 0.1) is 7.11 Å². The van der Waals surface area contributed by atoms with Crippen molar-refractivity contribution in [2.45, 2.75) is 6.92 Å². The molecule has 1 amide bonds. The summed E-state index contributed by atoms with van der Waals surface area (Å²) in [7, 11) is 1.61. The fourth-order valence-corrected chi connectivity index (χ4v) is 2.01. The molecule has 2 aromatic rings. The monoisotopic (exact) mass is 327 g/mol. The van der Waals surface area contributed by atoms with Gasteiger partial charge in [-0.3, -0.25) is 10.1 Å². The third-order valence-electron chi connectivity index (χ3n) is 2.91. The summed E-state index contributed by atoms with van der Waals surface area (Å²) < 4.78 is 5.08. The van der Waals surface area contributed by atoms with Crippen molar-refractivity contribution in [2.75, 3.05) is 12.4 Å². The molecule has 0 spiro atoms. The highest BCUT2D eigenvalue weighted by Gasteiger charge is 2.02. The zero-order valence-electron chi connectivity index (χ0n) is 12.9. The molecule has 1 aromatic heterocycles. The van der Waals surface area contributed by atoms with Crippen LogP contribution in [0.15, 0.2) is 48.5 Å². The van der Waals surface area contributed by atoms with E-state index in [2.05, 4.69) is 15.6 Å². The van der Waals surface area contributed by atoms with Gasteiger partial charge in [0.15, 0.2) is 5.11 Å². The number of ether oxygens (including phenoxy) is 1. The Kier molecular flexibility index (Phi) is 5.82. The number of pyridine rings is 1. The fraction of sp³-hybridized carbons (Fsp3) is 0.118. The number of aryl methyl sites for hydroxylation is 1. The van der Waals surface area contributed by atoms with E-state index < -0.39 is 0 Å². The molecular formula is C17H17N3O2S. The molecule has 1 aromatic carbocycles. The van der Waals surface area contributed by atoms with E-state index in [0.717, 1.165) is 17.0 Å². The van der Waals surface area contributed by atoms with Crippen molar-refractivity contribution >= 4 is 35.1 Å². The number of aromatic nitrogens is 1. The van der Waals surface area contributed by atoms with E-state index in [1.807, 2.05) is 43.3 Å². The van der Waals surface area contributed by atoms with Crippen molar-refractivity contribution in [3.8, 4) is 5.75 Å². The first kappa shape index (κ1) is 16.6. The maximum Gasteiger partial charge on any atom is 0.250 e. The summed E-state index contributed by atoms with van der Waals surface area (Å²) in [6, 6.07) is 12.9. The second-order valence-electron chi connectivity index (χ2n) is 4.71. The number of carbonyl (C=O) groups excluding carboxylic acids is 1. The van der Waals surface area contributed by atoms with Gasteiger partial charge in [0.1, 0.15) is 11.6 Å². The lowest BCUT2D eigenvalue weighted by Gasteiger charge is -2.07. The van der Waals surface area contributed by atoms with Gasteiger partial charge >= 0.3 is 0 Å². The van der Waals surface area contributed by atoms with E-state index in [4.69, 9.17) is 17.0 Å². The van der Waals surface area contributed by atoms with Crippen molar-refractivity contribution in [1.82, 2.24) is 10.3 Å². The lowest BCUT2D eigenvalue weighted by atomic mass is 10.2. The van der Waals surface area contributed by atoms with Gasteiger partial charge in [-0.25, -0.2) is 4.98 Å². The Hall–Kier alpha value is -2.73. The molecule has 1 heterocycles. The molecule has 6 heteroatoms. The van der Waals surface area contributed by atoms with Gasteiger partial charge in [0.25, 0.3) is 0 Å². The smallest absolute Gasteiger partial charge is 0.250 e. The number of benzene rings is 1. The Bertz CT molecular complexity index is 727. The number of rotatable bonds is 4. The van der Waals surface area contributed by atoms with Crippen molar-refractivity contribution in [3.05, 3.63) is 59.8 Å². The molecule has 2 rings (SSSR count). The Morgan fingerprint density at radius 3 is 2.61 bits per heavy atom.